The summed E-state index contributed by atoms with van der Waals surface area (Å²) in [5, 5.41) is 14.1. The van der Waals surface area contributed by atoms with Gasteiger partial charge in [0.15, 0.2) is 5.82 Å². The molecule has 0 N–H and O–H groups in total. The van der Waals surface area contributed by atoms with Crippen molar-refractivity contribution < 1.29 is 0 Å². The summed E-state index contributed by atoms with van der Waals surface area (Å²) < 4.78 is 1.86. The zero-order valence-corrected chi connectivity index (χ0v) is 13.9. The summed E-state index contributed by atoms with van der Waals surface area (Å²) in [4.78, 5) is 0.839. The Morgan fingerprint density at radius 3 is 2.38 bits per heavy atom. The van der Waals surface area contributed by atoms with Crippen LogP contribution in [-0.2, 0) is 12.8 Å². The fourth-order valence-corrected chi connectivity index (χ4v) is 3.29. The first-order valence-electron chi connectivity index (χ1n) is 7.87. The Morgan fingerprint density at radius 2 is 1.58 bits per heavy atom. The van der Waals surface area contributed by atoms with Crippen LogP contribution in [0.5, 0.6) is 0 Å². The van der Waals surface area contributed by atoms with E-state index in [9.17, 15) is 0 Å². The molecule has 0 fully saturated rings. The van der Waals surface area contributed by atoms with E-state index >= 15 is 0 Å². The molecule has 0 saturated heterocycles. The molecule has 2 heterocycles. The van der Waals surface area contributed by atoms with E-state index in [1.165, 1.54) is 5.56 Å². The summed E-state index contributed by atoms with van der Waals surface area (Å²) in [7, 11) is 0. The third-order valence-electron chi connectivity index (χ3n) is 3.77. The molecule has 0 spiro atoms. The van der Waals surface area contributed by atoms with E-state index in [-0.39, 0.29) is 0 Å². The highest BCUT2D eigenvalue weighted by Crippen LogP contribution is 2.17. The molecule has 0 aliphatic heterocycles. The van der Waals surface area contributed by atoms with Crippen molar-refractivity contribution in [3.63, 3.8) is 0 Å². The molecule has 0 saturated carbocycles. The van der Waals surface area contributed by atoms with Gasteiger partial charge in [0.1, 0.15) is 5.01 Å². The van der Waals surface area contributed by atoms with Crippen LogP contribution in [0.15, 0.2) is 60.7 Å². The van der Waals surface area contributed by atoms with Gasteiger partial charge in [-0.05, 0) is 23.6 Å². The number of aromatic nitrogens is 4. The van der Waals surface area contributed by atoms with Gasteiger partial charge in [-0.2, -0.15) is 9.61 Å². The first kappa shape index (κ1) is 14.8. The molecule has 2 aromatic heterocycles. The fraction of sp³-hybridized carbons (Fsp3) is 0.105. The Balaban J connectivity index is 1.52. The highest BCUT2D eigenvalue weighted by molar-refractivity contribution is 7.17. The summed E-state index contributed by atoms with van der Waals surface area (Å²) in [5.41, 5.74) is 2.46. The molecule has 0 unspecified atom stereocenters. The molecule has 0 aliphatic rings. The predicted molar refractivity (Wildman–Crippen MR) is 97.9 cm³/mol. The molecule has 118 valence electrons. The van der Waals surface area contributed by atoms with Crippen molar-refractivity contribution in [1.29, 1.82) is 0 Å². The molecule has 2 aromatic carbocycles. The Hall–Kier alpha value is -2.79. The van der Waals surface area contributed by atoms with Gasteiger partial charge in [-0.25, -0.2) is 0 Å². The molecule has 24 heavy (non-hydrogen) atoms. The van der Waals surface area contributed by atoms with E-state index in [0.717, 1.165) is 34.2 Å². The first-order chi connectivity index (χ1) is 11.9. The van der Waals surface area contributed by atoms with E-state index in [0.29, 0.717) is 0 Å². The van der Waals surface area contributed by atoms with Crippen molar-refractivity contribution in [2.75, 3.05) is 0 Å². The SMILES string of the molecule is C(=C\c1nn2c(CCc3ccccc3)nnc2s1)/c1ccccc1. The number of aryl methyl sites for hydroxylation is 2. The average molecular weight is 332 g/mol. The third kappa shape index (κ3) is 3.26. The van der Waals surface area contributed by atoms with E-state index in [1.54, 1.807) is 11.3 Å². The monoisotopic (exact) mass is 332 g/mol. The maximum atomic E-state index is 4.62. The standard InChI is InChI=1S/C19H16N4S/c1-3-7-15(8-4-1)11-13-17-20-21-19-23(17)22-18(24-19)14-12-16-9-5-2-6-10-16/h1-10,12,14H,11,13H2/b14-12+. The number of hydrogen-bond acceptors (Lipinski definition) is 4. The summed E-state index contributed by atoms with van der Waals surface area (Å²) in [5.74, 6) is 0.907. The summed E-state index contributed by atoms with van der Waals surface area (Å²) >= 11 is 1.55. The highest BCUT2D eigenvalue weighted by atomic mass is 32.1. The molecule has 5 heteroatoms. The zero-order valence-electron chi connectivity index (χ0n) is 13.0. The van der Waals surface area contributed by atoms with Gasteiger partial charge >= 0.3 is 0 Å². The molecule has 0 radical (unpaired) electrons. The van der Waals surface area contributed by atoms with Gasteiger partial charge in [0, 0.05) is 6.42 Å². The maximum absolute atomic E-state index is 4.62. The van der Waals surface area contributed by atoms with Gasteiger partial charge in [-0.15, -0.1) is 10.2 Å². The molecule has 0 atom stereocenters. The average Bonchev–Trinajstić information content (AvgIpc) is 3.20. The highest BCUT2D eigenvalue weighted by Gasteiger charge is 2.10. The van der Waals surface area contributed by atoms with Crippen molar-refractivity contribution >= 4 is 28.4 Å². The second kappa shape index (κ2) is 6.76. The minimum absolute atomic E-state index is 0.830. The largest absolute Gasteiger partial charge is 0.234 e. The van der Waals surface area contributed by atoms with Crippen molar-refractivity contribution in [3.8, 4) is 0 Å². The fourth-order valence-electron chi connectivity index (χ4n) is 2.53. The van der Waals surface area contributed by atoms with Crippen LogP contribution in [0.3, 0.4) is 0 Å². The van der Waals surface area contributed by atoms with E-state index in [2.05, 4.69) is 57.8 Å². The minimum Gasteiger partial charge on any atom is -0.187 e. The van der Waals surface area contributed by atoms with Crippen molar-refractivity contribution in [3.05, 3.63) is 82.6 Å². The normalized spacial score (nSPS) is 11.5. The third-order valence-corrected chi connectivity index (χ3v) is 4.63. The van der Waals surface area contributed by atoms with Crippen molar-refractivity contribution in [1.82, 2.24) is 19.8 Å². The lowest BCUT2D eigenvalue weighted by Crippen LogP contribution is -1.99. The number of rotatable bonds is 5. The molecule has 0 aliphatic carbocycles. The molecule has 4 nitrogen and oxygen atoms in total. The van der Waals surface area contributed by atoms with Crippen molar-refractivity contribution in [2.24, 2.45) is 0 Å². The molecule has 4 aromatic rings. The van der Waals surface area contributed by atoms with Crippen LogP contribution >= 0.6 is 11.3 Å². The number of hydrogen-bond donors (Lipinski definition) is 0. The van der Waals surface area contributed by atoms with E-state index < -0.39 is 0 Å². The summed E-state index contributed by atoms with van der Waals surface area (Å²) in [6.07, 6.45) is 5.86. The second-order valence-electron chi connectivity index (χ2n) is 5.48. The smallest absolute Gasteiger partial charge is 0.187 e. The predicted octanol–water partition coefficient (Wildman–Crippen LogP) is 4.14. The van der Waals surface area contributed by atoms with Gasteiger partial charge in [-0.1, -0.05) is 78.1 Å². The minimum atomic E-state index is 0.830. The lowest BCUT2D eigenvalue weighted by Gasteiger charge is -1.98. The Kier molecular flexibility index (Phi) is 4.16. The van der Waals surface area contributed by atoms with Crippen LogP contribution in [-0.4, -0.2) is 19.8 Å². The summed E-state index contributed by atoms with van der Waals surface area (Å²) in [6.45, 7) is 0. The second-order valence-corrected chi connectivity index (χ2v) is 6.47. The van der Waals surface area contributed by atoms with Gasteiger partial charge in [-0.3, -0.25) is 0 Å². The Labute approximate surface area is 144 Å². The topological polar surface area (TPSA) is 43.1 Å². The van der Waals surface area contributed by atoms with Crippen LogP contribution < -0.4 is 0 Å². The van der Waals surface area contributed by atoms with Gasteiger partial charge in [0.2, 0.25) is 4.96 Å². The van der Waals surface area contributed by atoms with Crippen LogP contribution in [0, 0.1) is 0 Å². The first-order valence-corrected chi connectivity index (χ1v) is 8.68. The van der Waals surface area contributed by atoms with Gasteiger partial charge < -0.3 is 0 Å². The number of benzene rings is 2. The number of nitrogens with zero attached hydrogens (tertiary/aromatic N) is 4. The van der Waals surface area contributed by atoms with E-state index in [4.69, 9.17) is 0 Å². The van der Waals surface area contributed by atoms with E-state index in [1.807, 2.05) is 34.9 Å². The van der Waals surface area contributed by atoms with Gasteiger partial charge in [0.25, 0.3) is 0 Å². The Bertz CT molecular complexity index is 955. The molecule has 4 rings (SSSR count). The van der Waals surface area contributed by atoms with Crippen LogP contribution in [0.25, 0.3) is 17.1 Å². The van der Waals surface area contributed by atoms with Crippen LogP contribution in [0.4, 0.5) is 0 Å². The molecule has 0 amide bonds. The number of fused-ring (bicyclic) bond motifs is 1. The molecular formula is C19H16N4S. The van der Waals surface area contributed by atoms with Crippen LogP contribution in [0.1, 0.15) is 22.0 Å². The summed E-state index contributed by atoms with van der Waals surface area (Å²) in [6, 6.07) is 20.6. The molecule has 0 bridgehead atoms. The lowest BCUT2D eigenvalue weighted by atomic mass is 10.1. The quantitative estimate of drug-likeness (QED) is 0.551. The maximum Gasteiger partial charge on any atom is 0.234 e. The molecular weight excluding hydrogens is 316 g/mol. The Morgan fingerprint density at radius 1 is 0.833 bits per heavy atom. The van der Waals surface area contributed by atoms with Crippen LogP contribution in [0.2, 0.25) is 0 Å². The lowest BCUT2D eigenvalue weighted by molar-refractivity contribution is 0.790. The zero-order chi connectivity index (χ0) is 16.2. The van der Waals surface area contributed by atoms with Crippen molar-refractivity contribution in [2.45, 2.75) is 12.8 Å². The van der Waals surface area contributed by atoms with Gasteiger partial charge in [0.05, 0.1) is 0 Å².